The van der Waals surface area contributed by atoms with E-state index < -0.39 is 5.72 Å². The number of carbonyl (C=O) groups is 1. The minimum atomic E-state index is -0.616. The summed E-state index contributed by atoms with van der Waals surface area (Å²) in [7, 11) is 0. The predicted octanol–water partition coefficient (Wildman–Crippen LogP) is 2.49. The monoisotopic (exact) mass is 300 g/mol. The number of fused-ring (bicyclic) bond motifs is 2. The van der Waals surface area contributed by atoms with E-state index >= 15 is 0 Å². The van der Waals surface area contributed by atoms with Crippen LogP contribution in [0.5, 0.6) is 5.75 Å². The highest BCUT2D eigenvalue weighted by atomic mass is 16.6. The van der Waals surface area contributed by atoms with Crippen LogP contribution in [0.1, 0.15) is 42.9 Å². The third-order valence-corrected chi connectivity index (χ3v) is 5.33. The summed E-state index contributed by atoms with van der Waals surface area (Å²) in [6.45, 7) is 2.80. The molecule has 5 heteroatoms. The largest absolute Gasteiger partial charge is 0.465 e. The first-order valence-electron chi connectivity index (χ1n) is 8.20. The molecule has 3 aliphatic heterocycles. The maximum atomic E-state index is 12.7. The lowest BCUT2D eigenvalue weighted by Gasteiger charge is -2.58. The molecule has 116 valence electrons. The number of amides is 2. The van der Waals surface area contributed by atoms with Crippen LogP contribution in [0, 0.1) is 6.92 Å². The number of aryl methyl sites for hydroxylation is 1. The van der Waals surface area contributed by atoms with Crippen LogP contribution in [0.25, 0.3) is 0 Å². The Morgan fingerprint density at radius 1 is 1.36 bits per heavy atom. The SMILES string of the molecule is Cc1ccc2c(c1)C1NC(=O)N(C3CC3)C3(CCCOC13)O2. The van der Waals surface area contributed by atoms with Gasteiger partial charge in [-0.1, -0.05) is 17.7 Å². The highest BCUT2D eigenvalue weighted by molar-refractivity contribution is 5.79. The van der Waals surface area contributed by atoms with Crippen molar-refractivity contribution >= 4 is 6.03 Å². The summed E-state index contributed by atoms with van der Waals surface area (Å²) in [5.41, 5.74) is 1.60. The van der Waals surface area contributed by atoms with Gasteiger partial charge in [0, 0.05) is 24.6 Å². The van der Waals surface area contributed by atoms with Crippen LogP contribution < -0.4 is 10.1 Å². The van der Waals surface area contributed by atoms with Crippen LogP contribution >= 0.6 is 0 Å². The molecule has 3 fully saturated rings. The molecule has 22 heavy (non-hydrogen) atoms. The number of hydrogen-bond donors (Lipinski definition) is 1. The van der Waals surface area contributed by atoms with Crippen LogP contribution in [0.2, 0.25) is 0 Å². The summed E-state index contributed by atoms with van der Waals surface area (Å²) in [5, 5.41) is 3.18. The molecule has 0 radical (unpaired) electrons. The molecule has 3 heterocycles. The second-order valence-electron chi connectivity index (χ2n) is 6.91. The fourth-order valence-electron chi connectivity index (χ4n) is 4.27. The molecule has 4 aliphatic rings. The maximum Gasteiger partial charge on any atom is 0.321 e. The van der Waals surface area contributed by atoms with Gasteiger partial charge in [-0.3, -0.25) is 4.90 Å². The molecule has 1 saturated carbocycles. The molecule has 2 amide bonds. The van der Waals surface area contributed by atoms with E-state index in [1.54, 1.807) is 0 Å². The molecule has 1 aliphatic carbocycles. The molecule has 3 unspecified atom stereocenters. The number of nitrogens with one attached hydrogen (secondary N) is 1. The fraction of sp³-hybridized carbons (Fsp3) is 0.588. The first kappa shape index (κ1) is 12.8. The minimum absolute atomic E-state index is 0.00130. The molecule has 2 saturated heterocycles. The predicted molar refractivity (Wildman–Crippen MR) is 79.6 cm³/mol. The van der Waals surface area contributed by atoms with Crippen LogP contribution in [-0.2, 0) is 4.74 Å². The lowest BCUT2D eigenvalue weighted by atomic mass is 9.82. The van der Waals surface area contributed by atoms with Crippen LogP contribution in [0.15, 0.2) is 18.2 Å². The number of urea groups is 1. The van der Waals surface area contributed by atoms with Gasteiger partial charge >= 0.3 is 6.03 Å². The Balaban J connectivity index is 1.69. The lowest BCUT2D eigenvalue weighted by molar-refractivity contribution is -0.226. The van der Waals surface area contributed by atoms with Gasteiger partial charge in [-0.25, -0.2) is 4.79 Å². The quantitative estimate of drug-likeness (QED) is 0.867. The zero-order valence-electron chi connectivity index (χ0n) is 12.7. The van der Waals surface area contributed by atoms with Gasteiger partial charge in [0.15, 0.2) is 0 Å². The fourth-order valence-corrected chi connectivity index (χ4v) is 4.27. The first-order chi connectivity index (χ1) is 10.7. The second-order valence-corrected chi connectivity index (χ2v) is 6.91. The molecule has 0 spiro atoms. The van der Waals surface area contributed by atoms with Crippen molar-refractivity contribution in [3.05, 3.63) is 29.3 Å². The lowest BCUT2D eigenvalue weighted by Crippen LogP contribution is -2.75. The van der Waals surface area contributed by atoms with Crippen molar-refractivity contribution < 1.29 is 14.3 Å². The molecular weight excluding hydrogens is 280 g/mol. The summed E-state index contributed by atoms with van der Waals surface area (Å²) in [4.78, 5) is 14.7. The van der Waals surface area contributed by atoms with Crippen molar-refractivity contribution in [2.24, 2.45) is 0 Å². The van der Waals surface area contributed by atoms with Crippen molar-refractivity contribution in [2.75, 3.05) is 6.61 Å². The van der Waals surface area contributed by atoms with E-state index in [1.807, 2.05) is 11.0 Å². The van der Waals surface area contributed by atoms with Crippen LogP contribution in [-0.4, -0.2) is 35.4 Å². The van der Waals surface area contributed by atoms with Gasteiger partial charge in [-0.15, -0.1) is 0 Å². The van der Waals surface area contributed by atoms with Crippen LogP contribution in [0.4, 0.5) is 4.79 Å². The van der Waals surface area contributed by atoms with Gasteiger partial charge < -0.3 is 14.8 Å². The summed E-state index contributed by atoms with van der Waals surface area (Å²) in [6, 6.07) is 6.41. The van der Waals surface area contributed by atoms with Crippen LogP contribution in [0.3, 0.4) is 0 Å². The topological polar surface area (TPSA) is 50.8 Å². The Bertz CT molecular complexity index is 657. The molecule has 1 N–H and O–H groups in total. The Morgan fingerprint density at radius 2 is 2.23 bits per heavy atom. The normalized spacial score (nSPS) is 36.0. The van der Waals surface area contributed by atoms with Gasteiger partial charge in [-0.2, -0.15) is 0 Å². The third kappa shape index (κ3) is 1.55. The molecule has 2 bridgehead atoms. The zero-order valence-corrected chi connectivity index (χ0v) is 12.7. The average Bonchev–Trinajstić information content (AvgIpc) is 3.32. The van der Waals surface area contributed by atoms with E-state index in [0.29, 0.717) is 6.04 Å². The zero-order chi connectivity index (χ0) is 14.9. The molecule has 1 aromatic carbocycles. The Kier molecular flexibility index (Phi) is 2.41. The first-order valence-corrected chi connectivity index (χ1v) is 8.20. The Morgan fingerprint density at radius 3 is 3.05 bits per heavy atom. The van der Waals surface area contributed by atoms with Gasteiger partial charge in [0.2, 0.25) is 5.72 Å². The van der Waals surface area contributed by atoms with E-state index in [9.17, 15) is 4.79 Å². The number of ether oxygens (including phenoxy) is 2. The van der Waals surface area contributed by atoms with E-state index in [2.05, 4.69) is 24.4 Å². The van der Waals surface area contributed by atoms with E-state index in [4.69, 9.17) is 9.47 Å². The summed E-state index contributed by atoms with van der Waals surface area (Å²) >= 11 is 0. The van der Waals surface area contributed by atoms with Gasteiger partial charge in [-0.05, 0) is 32.3 Å². The van der Waals surface area contributed by atoms with E-state index in [0.717, 1.165) is 43.6 Å². The van der Waals surface area contributed by atoms with E-state index in [-0.39, 0.29) is 18.2 Å². The molecule has 5 nitrogen and oxygen atoms in total. The van der Waals surface area contributed by atoms with Gasteiger partial charge in [0.1, 0.15) is 11.9 Å². The van der Waals surface area contributed by atoms with Gasteiger partial charge in [0.05, 0.1) is 6.04 Å². The molecular formula is C17H20N2O3. The number of rotatable bonds is 1. The Hall–Kier alpha value is -1.75. The Labute approximate surface area is 129 Å². The molecule has 0 aromatic heterocycles. The molecule has 5 rings (SSSR count). The number of benzene rings is 1. The summed E-state index contributed by atoms with van der Waals surface area (Å²) < 4.78 is 12.6. The maximum absolute atomic E-state index is 12.7. The summed E-state index contributed by atoms with van der Waals surface area (Å²) in [5.74, 6) is 0.892. The minimum Gasteiger partial charge on any atom is -0.465 e. The van der Waals surface area contributed by atoms with Crippen molar-refractivity contribution in [1.82, 2.24) is 10.2 Å². The number of carbonyl (C=O) groups excluding carboxylic acids is 1. The average molecular weight is 300 g/mol. The van der Waals surface area contributed by atoms with Crippen molar-refractivity contribution in [3.8, 4) is 5.75 Å². The highest BCUT2D eigenvalue weighted by Crippen LogP contribution is 2.52. The third-order valence-electron chi connectivity index (χ3n) is 5.33. The number of nitrogens with zero attached hydrogens (tertiary/aromatic N) is 1. The molecule has 1 aromatic rings. The van der Waals surface area contributed by atoms with Gasteiger partial charge in [0.25, 0.3) is 0 Å². The highest BCUT2D eigenvalue weighted by Gasteiger charge is 2.63. The second kappa shape index (κ2) is 4.16. The smallest absolute Gasteiger partial charge is 0.321 e. The van der Waals surface area contributed by atoms with E-state index in [1.165, 1.54) is 5.56 Å². The van der Waals surface area contributed by atoms with Crippen molar-refractivity contribution in [2.45, 2.75) is 56.5 Å². The molecule has 3 atom stereocenters. The standard InChI is InChI=1S/C17H20N2O3/c1-10-3-6-13-12(9-10)14-15-17(22-13,7-2-8-21-15)19(11-4-5-11)16(20)18-14/h3,6,9,11,14-15H,2,4-5,7-8H2,1H3,(H,18,20). The number of hydrogen-bond acceptors (Lipinski definition) is 3. The van der Waals surface area contributed by atoms with Crippen molar-refractivity contribution in [3.63, 3.8) is 0 Å². The van der Waals surface area contributed by atoms with Crippen molar-refractivity contribution in [1.29, 1.82) is 0 Å². The summed E-state index contributed by atoms with van der Waals surface area (Å²) in [6.07, 6.45) is 3.80.